The van der Waals surface area contributed by atoms with Crippen molar-refractivity contribution in [2.24, 2.45) is 17.8 Å². The number of rotatable bonds is 5. The van der Waals surface area contributed by atoms with E-state index in [1.807, 2.05) is 36.1 Å². The van der Waals surface area contributed by atoms with Crippen LogP contribution in [0.1, 0.15) is 84.6 Å². The Morgan fingerprint density at radius 1 is 1.03 bits per heavy atom. The van der Waals surface area contributed by atoms with Crippen molar-refractivity contribution >= 4 is 11.9 Å². The van der Waals surface area contributed by atoms with Gasteiger partial charge in [0.05, 0.1) is 11.3 Å². The predicted octanol–water partition coefficient (Wildman–Crippen LogP) is 4.57. The molecule has 2 aromatic heterocycles. The molecule has 1 saturated heterocycles. The molecule has 3 amide bonds. The predicted molar refractivity (Wildman–Crippen MR) is 137 cm³/mol. The molecular formula is C29H37N5O2. The Morgan fingerprint density at radius 2 is 1.72 bits per heavy atom. The zero-order valence-electron chi connectivity index (χ0n) is 21.2. The Balaban J connectivity index is 1.08. The highest BCUT2D eigenvalue weighted by atomic mass is 16.2. The Hall–Kier alpha value is -2.96. The lowest BCUT2D eigenvalue weighted by Gasteiger charge is -2.57. The quantitative estimate of drug-likeness (QED) is 0.647. The van der Waals surface area contributed by atoms with Gasteiger partial charge in [0.15, 0.2) is 0 Å². The van der Waals surface area contributed by atoms with Crippen molar-refractivity contribution in [3.05, 3.63) is 59.2 Å². The average molecular weight is 488 g/mol. The molecule has 7 rings (SSSR count). The molecule has 190 valence electrons. The maximum atomic E-state index is 13.3. The summed E-state index contributed by atoms with van der Waals surface area (Å²) in [6, 6.07) is 7.72. The average Bonchev–Trinajstić information content (AvgIpc) is 2.87. The van der Waals surface area contributed by atoms with Crippen LogP contribution in [0.2, 0.25) is 0 Å². The van der Waals surface area contributed by atoms with E-state index in [0.29, 0.717) is 25.2 Å². The molecular weight excluding hydrogens is 450 g/mol. The van der Waals surface area contributed by atoms with Crippen LogP contribution in [0, 0.1) is 24.7 Å². The van der Waals surface area contributed by atoms with Gasteiger partial charge in [-0.05, 0) is 99.8 Å². The van der Waals surface area contributed by atoms with Crippen molar-refractivity contribution < 1.29 is 9.59 Å². The SMILES string of the molecule is Cc1ccc(C(=O)NCc2cccnc2)c(C2CCN(C(=O)NC34CC5CC(CC(C5)C3)C4)CC2)n1. The lowest BCUT2D eigenvalue weighted by Crippen LogP contribution is -2.62. The normalized spacial score (nSPS) is 29.2. The molecule has 0 unspecified atom stereocenters. The lowest BCUT2D eigenvalue weighted by molar-refractivity contribution is -0.0160. The minimum Gasteiger partial charge on any atom is -0.348 e. The van der Waals surface area contributed by atoms with Crippen LogP contribution in [0.25, 0.3) is 0 Å². The van der Waals surface area contributed by atoms with Crippen LogP contribution < -0.4 is 10.6 Å². The number of urea groups is 1. The first-order valence-corrected chi connectivity index (χ1v) is 13.7. The summed E-state index contributed by atoms with van der Waals surface area (Å²) >= 11 is 0. The number of pyridine rings is 2. The number of nitrogens with zero attached hydrogens (tertiary/aromatic N) is 3. The fraction of sp³-hybridized carbons (Fsp3) is 0.586. The van der Waals surface area contributed by atoms with Gasteiger partial charge in [-0.1, -0.05) is 6.07 Å². The Bertz CT molecular complexity index is 1090. The molecule has 4 aliphatic carbocycles. The maximum Gasteiger partial charge on any atom is 0.317 e. The van der Waals surface area contributed by atoms with Crippen molar-refractivity contribution in [1.82, 2.24) is 25.5 Å². The van der Waals surface area contributed by atoms with Gasteiger partial charge in [0.1, 0.15) is 0 Å². The standard InChI is InChI=1S/C29H37N5O2/c1-19-4-5-25(27(35)31-18-20-3-2-8-30-17-20)26(32-19)24-6-9-34(10-7-24)28(36)33-29-14-21-11-22(15-29)13-23(12-21)16-29/h2-5,8,17,21-24H,6-7,9-16,18H2,1H3,(H,31,35)(H,33,36). The molecule has 0 spiro atoms. The largest absolute Gasteiger partial charge is 0.348 e. The zero-order chi connectivity index (χ0) is 24.7. The van der Waals surface area contributed by atoms with Crippen molar-refractivity contribution in [3.8, 4) is 0 Å². The van der Waals surface area contributed by atoms with Crippen molar-refractivity contribution in [2.45, 2.75) is 76.3 Å². The zero-order valence-corrected chi connectivity index (χ0v) is 21.2. The number of nitrogens with one attached hydrogen (secondary N) is 2. The Kier molecular flexibility index (Phi) is 6.18. The molecule has 0 atom stereocenters. The minimum atomic E-state index is -0.108. The third-order valence-electron chi connectivity index (χ3n) is 9.06. The summed E-state index contributed by atoms with van der Waals surface area (Å²) in [6.45, 7) is 3.81. The van der Waals surface area contributed by atoms with Crippen molar-refractivity contribution in [1.29, 1.82) is 0 Å². The second-order valence-electron chi connectivity index (χ2n) is 11.8. The van der Waals surface area contributed by atoms with E-state index in [1.165, 1.54) is 38.5 Å². The van der Waals surface area contributed by atoms with Gasteiger partial charge in [-0.25, -0.2) is 4.79 Å². The third-order valence-corrected chi connectivity index (χ3v) is 9.06. The van der Waals surface area contributed by atoms with Gasteiger partial charge in [0.25, 0.3) is 5.91 Å². The first-order chi connectivity index (χ1) is 17.5. The van der Waals surface area contributed by atoms with Crippen LogP contribution in [0.4, 0.5) is 4.79 Å². The monoisotopic (exact) mass is 487 g/mol. The lowest BCUT2D eigenvalue weighted by atomic mass is 9.53. The minimum absolute atomic E-state index is 0.0420. The summed E-state index contributed by atoms with van der Waals surface area (Å²) in [5.74, 6) is 2.52. The molecule has 1 aliphatic heterocycles. The van der Waals surface area contributed by atoms with Gasteiger partial charge < -0.3 is 15.5 Å². The molecule has 2 aromatic rings. The van der Waals surface area contributed by atoms with Gasteiger partial charge in [-0.2, -0.15) is 0 Å². The molecule has 4 bridgehead atoms. The van der Waals surface area contributed by atoms with Crippen molar-refractivity contribution in [3.63, 3.8) is 0 Å². The molecule has 2 N–H and O–H groups in total. The summed E-state index contributed by atoms with van der Waals surface area (Å²) < 4.78 is 0. The number of aromatic nitrogens is 2. The molecule has 5 fully saturated rings. The second-order valence-corrected chi connectivity index (χ2v) is 11.8. The molecule has 3 heterocycles. The van der Waals surface area contributed by atoms with E-state index in [-0.39, 0.29) is 23.4 Å². The number of carbonyl (C=O) groups excluding carboxylic acids is 2. The topological polar surface area (TPSA) is 87.2 Å². The Morgan fingerprint density at radius 3 is 2.36 bits per heavy atom. The molecule has 4 saturated carbocycles. The van der Waals surface area contributed by atoms with Gasteiger partial charge in [-0.3, -0.25) is 14.8 Å². The number of hydrogen-bond donors (Lipinski definition) is 2. The number of hydrogen-bond acceptors (Lipinski definition) is 4. The molecule has 7 heteroatoms. The highest BCUT2D eigenvalue weighted by Crippen LogP contribution is 2.55. The van der Waals surface area contributed by atoms with Crippen LogP contribution >= 0.6 is 0 Å². The highest BCUT2D eigenvalue weighted by molar-refractivity contribution is 5.95. The van der Waals surface area contributed by atoms with Crippen LogP contribution in [0.3, 0.4) is 0 Å². The fourth-order valence-electron chi connectivity index (χ4n) is 7.79. The molecule has 5 aliphatic rings. The van der Waals surface area contributed by atoms with Gasteiger partial charge >= 0.3 is 6.03 Å². The molecule has 0 aromatic carbocycles. The van der Waals surface area contributed by atoms with Gasteiger partial charge in [0.2, 0.25) is 0 Å². The third kappa shape index (κ3) is 4.72. The summed E-state index contributed by atoms with van der Waals surface area (Å²) in [7, 11) is 0. The van der Waals surface area contributed by atoms with Gasteiger partial charge in [-0.15, -0.1) is 0 Å². The highest BCUT2D eigenvalue weighted by Gasteiger charge is 2.52. The fourth-order valence-corrected chi connectivity index (χ4v) is 7.79. The van der Waals surface area contributed by atoms with E-state index in [9.17, 15) is 9.59 Å². The van der Waals surface area contributed by atoms with E-state index in [1.54, 1.807) is 12.4 Å². The molecule has 0 radical (unpaired) electrons. The maximum absolute atomic E-state index is 13.3. The van der Waals surface area contributed by atoms with Crippen LogP contribution in [-0.2, 0) is 6.54 Å². The number of piperidine rings is 1. The molecule has 7 nitrogen and oxygen atoms in total. The van der Waals surface area contributed by atoms with Crippen LogP contribution in [0.15, 0.2) is 36.7 Å². The first kappa shape index (κ1) is 23.4. The van der Waals surface area contributed by atoms with Crippen LogP contribution in [-0.4, -0.2) is 45.4 Å². The summed E-state index contributed by atoms with van der Waals surface area (Å²) in [6.07, 6.45) is 12.8. The summed E-state index contributed by atoms with van der Waals surface area (Å²) in [4.78, 5) is 37.3. The van der Waals surface area contributed by atoms with E-state index < -0.39 is 0 Å². The van der Waals surface area contributed by atoms with Crippen LogP contribution in [0.5, 0.6) is 0 Å². The summed E-state index contributed by atoms with van der Waals surface area (Å²) in [5, 5.41) is 6.54. The number of carbonyl (C=O) groups is 2. The second kappa shape index (κ2) is 9.49. The van der Waals surface area contributed by atoms with Crippen molar-refractivity contribution in [2.75, 3.05) is 13.1 Å². The molecule has 36 heavy (non-hydrogen) atoms. The number of aryl methyl sites for hydroxylation is 1. The van der Waals surface area contributed by atoms with E-state index in [4.69, 9.17) is 4.98 Å². The first-order valence-electron chi connectivity index (χ1n) is 13.7. The number of likely N-dealkylation sites (tertiary alicyclic amines) is 1. The van der Waals surface area contributed by atoms with E-state index >= 15 is 0 Å². The van der Waals surface area contributed by atoms with E-state index in [2.05, 4.69) is 15.6 Å². The smallest absolute Gasteiger partial charge is 0.317 e. The summed E-state index contributed by atoms with van der Waals surface area (Å²) in [5.41, 5.74) is 3.42. The van der Waals surface area contributed by atoms with E-state index in [0.717, 1.165) is 47.5 Å². The Labute approximate surface area is 213 Å². The van der Waals surface area contributed by atoms with Gasteiger partial charge in [0, 0.05) is 49.2 Å². The number of amides is 3.